The molecule has 2 fully saturated rings. The van der Waals surface area contributed by atoms with E-state index in [9.17, 15) is 0 Å². The third kappa shape index (κ3) is 2.18. The van der Waals surface area contributed by atoms with Crippen LogP contribution in [0.2, 0.25) is 0 Å². The molecule has 0 bridgehead atoms. The number of hydrogen-bond acceptors (Lipinski definition) is 5. The van der Waals surface area contributed by atoms with Crippen LogP contribution in [0.4, 0.5) is 5.95 Å². The summed E-state index contributed by atoms with van der Waals surface area (Å²) in [6.07, 6.45) is 5.43. The van der Waals surface area contributed by atoms with E-state index in [1.165, 1.54) is 25.9 Å². The quantitative estimate of drug-likeness (QED) is 0.785. The van der Waals surface area contributed by atoms with Gasteiger partial charge in [0.2, 0.25) is 5.95 Å². The summed E-state index contributed by atoms with van der Waals surface area (Å²) >= 11 is 4.93. The minimum atomic E-state index is 0.314. The number of hydrogen-bond donors (Lipinski definition) is 2. The standard InChI is InChI=1S/C12H17N5S/c13-11(18)9-3-5-14-12(16-9)15-8-4-7-17-6-1-2-10(8)17/h3,5,8,10H,1-2,4,6-7H2,(H2,13,18)(H,14,15,16). The van der Waals surface area contributed by atoms with Gasteiger partial charge in [0.05, 0.1) is 0 Å². The first-order valence-corrected chi connectivity index (χ1v) is 6.78. The highest BCUT2D eigenvalue weighted by atomic mass is 32.1. The predicted molar refractivity (Wildman–Crippen MR) is 74.5 cm³/mol. The van der Waals surface area contributed by atoms with E-state index in [0.717, 1.165) is 6.42 Å². The van der Waals surface area contributed by atoms with Crippen LogP contribution in [0.15, 0.2) is 12.3 Å². The summed E-state index contributed by atoms with van der Waals surface area (Å²) < 4.78 is 0. The molecule has 96 valence electrons. The summed E-state index contributed by atoms with van der Waals surface area (Å²) in [5, 5.41) is 3.43. The average Bonchev–Trinajstić information content (AvgIpc) is 2.94. The van der Waals surface area contributed by atoms with Crippen molar-refractivity contribution in [3.63, 3.8) is 0 Å². The Bertz CT molecular complexity index is 464. The predicted octanol–water partition coefficient (Wildman–Crippen LogP) is 0.759. The molecule has 0 aliphatic carbocycles. The lowest BCUT2D eigenvalue weighted by Gasteiger charge is -2.21. The number of aromatic nitrogens is 2. The molecule has 3 N–H and O–H groups in total. The summed E-state index contributed by atoms with van der Waals surface area (Å²) in [7, 11) is 0. The van der Waals surface area contributed by atoms with Gasteiger partial charge in [-0.15, -0.1) is 0 Å². The minimum absolute atomic E-state index is 0.314. The highest BCUT2D eigenvalue weighted by molar-refractivity contribution is 7.80. The van der Waals surface area contributed by atoms with E-state index in [4.69, 9.17) is 18.0 Å². The van der Waals surface area contributed by atoms with Crippen LogP contribution in [0, 0.1) is 0 Å². The van der Waals surface area contributed by atoms with Gasteiger partial charge in [-0.05, 0) is 31.9 Å². The molecule has 3 rings (SSSR count). The fourth-order valence-electron chi connectivity index (χ4n) is 2.98. The van der Waals surface area contributed by atoms with Gasteiger partial charge in [0.25, 0.3) is 0 Å². The Kier molecular flexibility index (Phi) is 3.13. The molecule has 2 saturated heterocycles. The van der Waals surface area contributed by atoms with Crippen LogP contribution in [0.25, 0.3) is 0 Å². The van der Waals surface area contributed by atoms with Gasteiger partial charge in [-0.2, -0.15) is 0 Å². The Hall–Kier alpha value is -1.27. The van der Waals surface area contributed by atoms with E-state index < -0.39 is 0 Å². The van der Waals surface area contributed by atoms with Crippen molar-refractivity contribution in [1.82, 2.24) is 14.9 Å². The first-order valence-electron chi connectivity index (χ1n) is 6.37. The van der Waals surface area contributed by atoms with Crippen LogP contribution in [0.5, 0.6) is 0 Å². The van der Waals surface area contributed by atoms with E-state index in [-0.39, 0.29) is 0 Å². The maximum atomic E-state index is 5.58. The van der Waals surface area contributed by atoms with Crippen molar-refractivity contribution in [3.05, 3.63) is 18.0 Å². The van der Waals surface area contributed by atoms with Crippen LogP contribution in [0.1, 0.15) is 25.0 Å². The molecule has 0 saturated carbocycles. The van der Waals surface area contributed by atoms with Crippen molar-refractivity contribution in [1.29, 1.82) is 0 Å². The third-order valence-electron chi connectivity index (χ3n) is 3.83. The lowest BCUT2D eigenvalue weighted by atomic mass is 10.1. The third-order valence-corrected chi connectivity index (χ3v) is 4.04. The second-order valence-corrected chi connectivity index (χ2v) is 5.35. The summed E-state index contributed by atoms with van der Waals surface area (Å²) in [5.74, 6) is 0.638. The van der Waals surface area contributed by atoms with Crippen LogP contribution >= 0.6 is 12.2 Å². The van der Waals surface area contributed by atoms with E-state index in [0.29, 0.717) is 28.7 Å². The zero-order valence-corrected chi connectivity index (χ0v) is 11.0. The highest BCUT2D eigenvalue weighted by Crippen LogP contribution is 2.29. The van der Waals surface area contributed by atoms with E-state index in [1.807, 2.05) is 0 Å². The first kappa shape index (κ1) is 11.8. The van der Waals surface area contributed by atoms with E-state index in [1.54, 1.807) is 12.3 Å². The van der Waals surface area contributed by atoms with Gasteiger partial charge in [0.1, 0.15) is 10.7 Å². The van der Waals surface area contributed by atoms with E-state index >= 15 is 0 Å². The molecular weight excluding hydrogens is 246 g/mol. The maximum absolute atomic E-state index is 5.58. The molecule has 0 spiro atoms. The molecule has 0 radical (unpaired) electrons. The molecule has 2 aliphatic heterocycles. The van der Waals surface area contributed by atoms with Crippen molar-refractivity contribution >= 4 is 23.2 Å². The summed E-state index contributed by atoms with van der Waals surface area (Å²) in [6.45, 7) is 2.41. The number of anilines is 1. The van der Waals surface area contributed by atoms with Crippen molar-refractivity contribution < 1.29 is 0 Å². The van der Waals surface area contributed by atoms with Crippen molar-refractivity contribution in [2.75, 3.05) is 18.4 Å². The van der Waals surface area contributed by atoms with Gasteiger partial charge in [-0.25, -0.2) is 9.97 Å². The highest BCUT2D eigenvalue weighted by Gasteiger charge is 2.37. The van der Waals surface area contributed by atoms with Gasteiger partial charge in [-0.3, -0.25) is 4.90 Å². The molecule has 18 heavy (non-hydrogen) atoms. The van der Waals surface area contributed by atoms with Crippen molar-refractivity contribution in [3.8, 4) is 0 Å². The Morgan fingerprint density at radius 1 is 1.44 bits per heavy atom. The molecule has 2 atom stereocenters. The molecule has 2 unspecified atom stereocenters. The molecule has 6 heteroatoms. The van der Waals surface area contributed by atoms with Crippen LogP contribution in [-0.2, 0) is 0 Å². The maximum Gasteiger partial charge on any atom is 0.223 e. The number of nitrogens with one attached hydrogen (secondary N) is 1. The Morgan fingerprint density at radius 2 is 2.33 bits per heavy atom. The average molecular weight is 263 g/mol. The number of thiocarbonyl (C=S) groups is 1. The van der Waals surface area contributed by atoms with Gasteiger partial charge in [0, 0.05) is 24.8 Å². The first-order chi connectivity index (χ1) is 8.74. The fourth-order valence-corrected chi connectivity index (χ4v) is 3.10. The second kappa shape index (κ2) is 4.78. The number of nitrogens with two attached hydrogens (primary N) is 1. The zero-order chi connectivity index (χ0) is 12.5. The minimum Gasteiger partial charge on any atom is -0.388 e. The molecule has 2 aliphatic rings. The zero-order valence-electron chi connectivity index (χ0n) is 10.2. The van der Waals surface area contributed by atoms with Crippen LogP contribution in [0.3, 0.4) is 0 Å². The normalized spacial score (nSPS) is 27.1. The van der Waals surface area contributed by atoms with Crippen molar-refractivity contribution in [2.45, 2.75) is 31.3 Å². The monoisotopic (exact) mass is 263 g/mol. The van der Waals surface area contributed by atoms with E-state index in [2.05, 4.69) is 20.2 Å². The summed E-state index contributed by atoms with van der Waals surface area (Å²) in [5.41, 5.74) is 6.21. The molecule has 1 aromatic rings. The molecule has 1 aromatic heterocycles. The molecule has 5 nitrogen and oxygen atoms in total. The van der Waals surface area contributed by atoms with Gasteiger partial charge >= 0.3 is 0 Å². The summed E-state index contributed by atoms with van der Waals surface area (Å²) in [6, 6.07) is 2.83. The SMILES string of the molecule is NC(=S)c1ccnc(NC2CCN3CCCC23)n1. The molecule has 0 amide bonds. The molecular formula is C12H17N5S. The molecule has 3 heterocycles. The largest absolute Gasteiger partial charge is 0.388 e. The lowest BCUT2D eigenvalue weighted by Crippen LogP contribution is -2.34. The molecule has 0 aromatic carbocycles. The summed E-state index contributed by atoms with van der Waals surface area (Å²) in [4.78, 5) is 11.5. The number of rotatable bonds is 3. The Morgan fingerprint density at radius 3 is 3.17 bits per heavy atom. The van der Waals surface area contributed by atoms with Crippen molar-refractivity contribution in [2.24, 2.45) is 5.73 Å². The second-order valence-electron chi connectivity index (χ2n) is 4.91. The lowest BCUT2D eigenvalue weighted by molar-refractivity contribution is 0.318. The Balaban J connectivity index is 1.72. The Labute approximate surface area is 112 Å². The number of fused-ring (bicyclic) bond motifs is 1. The van der Waals surface area contributed by atoms with Gasteiger partial charge < -0.3 is 11.1 Å². The smallest absolute Gasteiger partial charge is 0.223 e. The van der Waals surface area contributed by atoms with Gasteiger partial charge in [-0.1, -0.05) is 12.2 Å². The fraction of sp³-hybridized carbons (Fsp3) is 0.583. The topological polar surface area (TPSA) is 67.1 Å². The number of nitrogens with zero attached hydrogens (tertiary/aromatic N) is 3. The van der Waals surface area contributed by atoms with Crippen LogP contribution < -0.4 is 11.1 Å². The van der Waals surface area contributed by atoms with Crippen LogP contribution in [-0.4, -0.2) is 45.0 Å². The van der Waals surface area contributed by atoms with Gasteiger partial charge in [0.15, 0.2) is 0 Å².